The van der Waals surface area contributed by atoms with Crippen molar-refractivity contribution in [2.75, 3.05) is 36.5 Å². The Labute approximate surface area is 229 Å². The third-order valence-electron chi connectivity index (χ3n) is 7.83. The summed E-state index contributed by atoms with van der Waals surface area (Å²) in [6, 6.07) is 6.26. The second kappa shape index (κ2) is 12.1. The summed E-state index contributed by atoms with van der Waals surface area (Å²) in [7, 11) is 0. The highest BCUT2D eigenvalue weighted by atomic mass is 19.1. The van der Waals surface area contributed by atoms with E-state index in [4.69, 9.17) is 19.6 Å². The van der Waals surface area contributed by atoms with Gasteiger partial charge in [0.25, 0.3) is 0 Å². The van der Waals surface area contributed by atoms with Crippen LogP contribution in [-0.4, -0.2) is 75.6 Å². The highest BCUT2D eigenvalue weighted by molar-refractivity contribution is 5.82. The summed E-state index contributed by atoms with van der Waals surface area (Å²) in [5, 5.41) is 18.2. The van der Waals surface area contributed by atoms with Crippen molar-refractivity contribution in [2.45, 2.75) is 83.9 Å². The highest BCUT2D eigenvalue weighted by Gasteiger charge is 2.27. The standard InChI is InChI=1S/C29H41FN6O3/c1-18(2)27-16-35(11-12-38-27)28-13-22(9-10-31-28)24-14-25(21-5-7-23(37)8-6-21)36-26(24)15-32-29(34-36)33-19(3)17-39-20(4)30/h9-10,13-15,18-21,23,27,37H,5-8,11-12,16-17H2,1-4H3,(H,33,34)/t19-,20?,21?,23?,27-/m0/s1. The zero-order valence-corrected chi connectivity index (χ0v) is 23.4. The molecule has 1 saturated carbocycles. The van der Waals surface area contributed by atoms with Crippen LogP contribution in [0.3, 0.4) is 0 Å². The van der Waals surface area contributed by atoms with E-state index in [0.29, 0.717) is 18.5 Å². The lowest BCUT2D eigenvalue weighted by Gasteiger charge is -2.35. The quantitative estimate of drug-likeness (QED) is 0.399. The first-order chi connectivity index (χ1) is 18.8. The zero-order chi connectivity index (χ0) is 27.5. The fourth-order valence-electron chi connectivity index (χ4n) is 5.56. The molecule has 1 aliphatic carbocycles. The molecular formula is C29H41FN6O3. The van der Waals surface area contributed by atoms with Crippen molar-refractivity contribution in [3.05, 3.63) is 36.3 Å². The van der Waals surface area contributed by atoms with E-state index in [-0.39, 0.29) is 30.8 Å². The second-order valence-corrected chi connectivity index (χ2v) is 11.3. The molecule has 2 fully saturated rings. The summed E-state index contributed by atoms with van der Waals surface area (Å²) in [6.45, 7) is 10.2. The number of aliphatic hydroxyl groups excluding tert-OH is 1. The molecule has 0 spiro atoms. The number of halogens is 1. The minimum Gasteiger partial charge on any atom is -0.393 e. The van der Waals surface area contributed by atoms with Crippen molar-refractivity contribution in [1.29, 1.82) is 0 Å². The molecule has 1 saturated heterocycles. The van der Waals surface area contributed by atoms with E-state index in [1.165, 1.54) is 6.92 Å². The Morgan fingerprint density at radius 3 is 2.69 bits per heavy atom. The maximum absolute atomic E-state index is 13.1. The van der Waals surface area contributed by atoms with Gasteiger partial charge in [-0.1, -0.05) is 13.8 Å². The number of morpholine rings is 1. The third kappa shape index (κ3) is 6.50. The molecule has 39 heavy (non-hydrogen) atoms. The van der Waals surface area contributed by atoms with Crippen molar-refractivity contribution in [1.82, 2.24) is 19.6 Å². The number of pyridine rings is 1. The van der Waals surface area contributed by atoms with Crippen molar-refractivity contribution in [3.8, 4) is 11.1 Å². The first-order valence-corrected chi connectivity index (χ1v) is 14.2. The summed E-state index contributed by atoms with van der Waals surface area (Å²) in [6.07, 6.45) is 5.73. The molecule has 10 heteroatoms. The zero-order valence-electron chi connectivity index (χ0n) is 23.4. The molecule has 0 bridgehead atoms. The molecular weight excluding hydrogens is 499 g/mol. The molecule has 4 heterocycles. The van der Waals surface area contributed by atoms with E-state index in [2.05, 4.69) is 41.2 Å². The SMILES string of the molecule is CC(F)OC[C@H](C)Nc1ncc2c(-c3ccnc(N4CCO[C@H](C(C)C)C4)c3)cc(C3CCC(O)CC3)n2n1. The summed E-state index contributed by atoms with van der Waals surface area (Å²) in [5.41, 5.74) is 4.16. The Morgan fingerprint density at radius 1 is 1.15 bits per heavy atom. The first-order valence-electron chi connectivity index (χ1n) is 14.2. The molecule has 3 aromatic heterocycles. The van der Waals surface area contributed by atoms with E-state index < -0.39 is 6.36 Å². The van der Waals surface area contributed by atoms with Crippen LogP contribution in [0.25, 0.3) is 16.6 Å². The van der Waals surface area contributed by atoms with E-state index in [0.717, 1.165) is 66.9 Å². The summed E-state index contributed by atoms with van der Waals surface area (Å²) in [5.74, 6) is 2.14. The highest BCUT2D eigenvalue weighted by Crippen LogP contribution is 2.38. The number of rotatable bonds is 9. The molecule has 1 aliphatic heterocycles. The minimum absolute atomic E-state index is 0.157. The van der Waals surface area contributed by atoms with E-state index in [1.54, 1.807) is 0 Å². The number of nitrogens with one attached hydrogen (secondary N) is 1. The Hall–Kier alpha value is -2.82. The van der Waals surface area contributed by atoms with Crippen LogP contribution in [0.15, 0.2) is 30.6 Å². The first kappa shape index (κ1) is 27.7. The monoisotopic (exact) mass is 540 g/mol. The molecule has 0 radical (unpaired) electrons. The van der Waals surface area contributed by atoms with Crippen LogP contribution in [0.4, 0.5) is 16.2 Å². The van der Waals surface area contributed by atoms with Gasteiger partial charge in [0.15, 0.2) is 6.36 Å². The van der Waals surface area contributed by atoms with E-state index >= 15 is 0 Å². The molecule has 9 nitrogen and oxygen atoms in total. The van der Waals surface area contributed by atoms with Crippen LogP contribution in [0.2, 0.25) is 0 Å². The average Bonchev–Trinajstić information content (AvgIpc) is 3.31. The maximum atomic E-state index is 13.1. The smallest absolute Gasteiger partial charge is 0.241 e. The number of hydrogen-bond acceptors (Lipinski definition) is 8. The number of aliphatic hydroxyl groups is 1. The van der Waals surface area contributed by atoms with Gasteiger partial charge in [-0.3, -0.25) is 0 Å². The largest absolute Gasteiger partial charge is 0.393 e. The van der Waals surface area contributed by atoms with Gasteiger partial charge in [0.2, 0.25) is 5.95 Å². The molecule has 2 N–H and O–H groups in total. The lowest BCUT2D eigenvalue weighted by atomic mass is 9.85. The lowest BCUT2D eigenvalue weighted by molar-refractivity contribution is -0.0268. The number of hydrogen-bond donors (Lipinski definition) is 2. The van der Waals surface area contributed by atoms with Gasteiger partial charge in [-0.15, -0.1) is 5.10 Å². The second-order valence-electron chi connectivity index (χ2n) is 11.3. The molecule has 212 valence electrons. The number of anilines is 2. The van der Waals surface area contributed by atoms with Gasteiger partial charge in [-0.2, -0.15) is 0 Å². The van der Waals surface area contributed by atoms with Gasteiger partial charge in [0, 0.05) is 42.5 Å². The van der Waals surface area contributed by atoms with E-state index in [1.807, 2.05) is 29.9 Å². The predicted octanol–water partition coefficient (Wildman–Crippen LogP) is 4.80. The Balaban J connectivity index is 1.48. The average molecular weight is 541 g/mol. The molecule has 0 amide bonds. The van der Waals surface area contributed by atoms with Crippen LogP contribution < -0.4 is 10.2 Å². The fourth-order valence-corrected chi connectivity index (χ4v) is 5.56. The van der Waals surface area contributed by atoms with Crippen molar-refractivity contribution in [2.24, 2.45) is 5.92 Å². The summed E-state index contributed by atoms with van der Waals surface area (Å²) >= 11 is 0. The molecule has 5 rings (SSSR count). The number of aromatic nitrogens is 4. The Bertz CT molecular complexity index is 1240. The van der Waals surface area contributed by atoms with Crippen LogP contribution in [0, 0.1) is 5.92 Å². The number of nitrogens with zero attached hydrogens (tertiary/aromatic N) is 5. The van der Waals surface area contributed by atoms with Crippen molar-refractivity contribution in [3.63, 3.8) is 0 Å². The van der Waals surface area contributed by atoms with Crippen molar-refractivity contribution >= 4 is 17.3 Å². The summed E-state index contributed by atoms with van der Waals surface area (Å²) < 4.78 is 26.2. The number of alkyl halides is 1. The maximum Gasteiger partial charge on any atom is 0.241 e. The predicted molar refractivity (Wildman–Crippen MR) is 150 cm³/mol. The van der Waals surface area contributed by atoms with Gasteiger partial charge in [-0.05, 0) is 69.2 Å². The number of ether oxygens (including phenoxy) is 2. The Kier molecular flexibility index (Phi) is 8.64. The van der Waals surface area contributed by atoms with E-state index in [9.17, 15) is 9.50 Å². The lowest BCUT2D eigenvalue weighted by Crippen LogP contribution is -2.45. The van der Waals surface area contributed by atoms with Crippen LogP contribution in [0.5, 0.6) is 0 Å². The van der Waals surface area contributed by atoms with Gasteiger partial charge in [-0.25, -0.2) is 18.9 Å². The van der Waals surface area contributed by atoms with Crippen LogP contribution >= 0.6 is 0 Å². The number of fused-ring (bicyclic) bond motifs is 1. The molecule has 3 atom stereocenters. The topological polar surface area (TPSA) is 97.0 Å². The van der Waals surface area contributed by atoms with Crippen LogP contribution in [-0.2, 0) is 9.47 Å². The van der Waals surface area contributed by atoms with Gasteiger partial charge in [0.05, 0.1) is 37.1 Å². The molecule has 3 aromatic rings. The molecule has 1 unspecified atom stereocenters. The fraction of sp³-hybridized carbons (Fsp3) is 0.621. The van der Waals surface area contributed by atoms with Crippen LogP contribution in [0.1, 0.15) is 65.0 Å². The molecule has 2 aliphatic rings. The van der Waals surface area contributed by atoms with Gasteiger partial charge >= 0.3 is 0 Å². The molecule has 0 aromatic carbocycles. The van der Waals surface area contributed by atoms with Gasteiger partial charge in [0.1, 0.15) is 5.82 Å². The Morgan fingerprint density at radius 2 is 1.95 bits per heavy atom. The third-order valence-corrected chi connectivity index (χ3v) is 7.83. The van der Waals surface area contributed by atoms with Crippen molar-refractivity contribution < 1.29 is 19.0 Å². The summed E-state index contributed by atoms with van der Waals surface area (Å²) in [4.78, 5) is 11.6. The van der Waals surface area contributed by atoms with Gasteiger partial charge < -0.3 is 24.8 Å². The minimum atomic E-state index is -1.32. The normalized spacial score (nSPS) is 23.8.